The van der Waals surface area contributed by atoms with E-state index < -0.39 is 0 Å². The maximum atomic E-state index is 12.2. The standard InChI is InChI=1S/C21H30N4O3S/c1-4-5-7-23-21(27)24-9-6-8-22-20(26)18-14-29-19(25-18)13-28-17-11-15(2)10-16(3)12-17/h10-12,14H,4-9,13H2,1-3H3,(H,22,26)(H2,23,24,27). The number of hydrogen-bond donors (Lipinski definition) is 3. The number of nitrogens with one attached hydrogen (secondary N) is 3. The van der Waals surface area contributed by atoms with Crippen LogP contribution in [-0.2, 0) is 6.61 Å². The molecule has 3 N–H and O–H groups in total. The van der Waals surface area contributed by atoms with Gasteiger partial charge in [0.05, 0.1) is 0 Å². The fourth-order valence-electron chi connectivity index (χ4n) is 2.67. The summed E-state index contributed by atoms with van der Waals surface area (Å²) in [5.41, 5.74) is 2.68. The van der Waals surface area contributed by atoms with Gasteiger partial charge in [-0.2, -0.15) is 0 Å². The van der Waals surface area contributed by atoms with E-state index in [1.807, 2.05) is 26.0 Å². The molecule has 0 saturated heterocycles. The van der Waals surface area contributed by atoms with Crippen LogP contribution in [0.3, 0.4) is 0 Å². The van der Waals surface area contributed by atoms with Crippen LogP contribution < -0.4 is 20.7 Å². The molecule has 0 aliphatic carbocycles. The van der Waals surface area contributed by atoms with Crippen LogP contribution in [0.2, 0.25) is 0 Å². The van der Waals surface area contributed by atoms with Crippen molar-refractivity contribution in [3.05, 3.63) is 45.4 Å². The van der Waals surface area contributed by atoms with Crippen molar-refractivity contribution in [1.82, 2.24) is 20.9 Å². The summed E-state index contributed by atoms with van der Waals surface area (Å²) in [4.78, 5) is 28.0. The third-order valence-electron chi connectivity index (χ3n) is 4.08. The van der Waals surface area contributed by atoms with Crippen LogP contribution in [0.25, 0.3) is 0 Å². The zero-order chi connectivity index (χ0) is 21.1. The normalized spacial score (nSPS) is 10.4. The van der Waals surface area contributed by atoms with Crippen molar-refractivity contribution < 1.29 is 14.3 Å². The highest BCUT2D eigenvalue weighted by molar-refractivity contribution is 7.09. The molecular formula is C21H30N4O3S. The number of amides is 3. The molecular weight excluding hydrogens is 388 g/mol. The number of hydrogen-bond acceptors (Lipinski definition) is 5. The third kappa shape index (κ3) is 8.51. The minimum Gasteiger partial charge on any atom is -0.486 e. The van der Waals surface area contributed by atoms with Gasteiger partial charge in [-0.15, -0.1) is 11.3 Å². The molecule has 1 heterocycles. The number of thiazole rings is 1. The monoisotopic (exact) mass is 418 g/mol. The van der Waals surface area contributed by atoms with Gasteiger partial charge in [-0.25, -0.2) is 9.78 Å². The van der Waals surface area contributed by atoms with Gasteiger partial charge in [-0.3, -0.25) is 4.79 Å². The summed E-state index contributed by atoms with van der Waals surface area (Å²) in [5, 5.41) is 10.9. The minimum atomic E-state index is -0.216. The maximum Gasteiger partial charge on any atom is 0.314 e. The molecule has 0 radical (unpaired) electrons. The Morgan fingerprint density at radius 1 is 1.00 bits per heavy atom. The lowest BCUT2D eigenvalue weighted by Crippen LogP contribution is -2.37. The number of ether oxygens (including phenoxy) is 1. The number of carbonyl (C=O) groups is 2. The molecule has 2 rings (SSSR count). The van der Waals surface area contributed by atoms with Crippen molar-refractivity contribution in [2.75, 3.05) is 19.6 Å². The predicted octanol–water partition coefficient (Wildman–Crippen LogP) is 3.56. The van der Waals surface area contributed by atoms with Crippen molar-refractivity contribution in [2.45, 2.75) is 46.6 Å². The first-order chi connectivity index (χ1) is 14.0. The molecule has 2 aromatic rings. The van der Waals surface area contributed by atoms with E-state index in [0.29, 0.717) is 38.4 Å². The largest absolute Gasteiger partial charge is 0.486 e. The molecule has 8 heteroatoms. The lowest BCUT2D eigenvalue weighted by atomic mass is 10.1. The average Bonchev–Trinajstić information content (AvgIpc) is 3.14. The third-order valence-corrected chi connectivity index (χ3v) is 4.90. The number of benzene rings is 1. The molecule has 7 nitrogen and oxygen atoms in total. The summed E-state index contributed by atoms with van der Waals surface area (Å²) in [6, 6.07) is 5.88. The summed E-state index contributed by atoms with van der Waals surface area (Å²) in [6.45, 7) is 8.12. The summed E-state index contributed by atoms with van der Waals surface area (Å²) < 4.78 is 5.79. The lowest BCUT2D eigenvalue weighted by molar-refractivity contribution is 0.0948. The van der Waals surface area contributed by atoms with Crippen LogP contribution in [0.15, 0.2) is 23.6 Å². The second-order valence-electron chi connectivity index (χ2n) is 6.88. The molecule has 158 valence electrons. The van der Waals surface area contributed by atoms with Gasteiger partial charge in [-0.05, 0) is 49.9 Å². The molecule has 0 fully saturated rings. The van der Waals surface area contributed by atoms with Crippen molar-refractivity contribution >= 4 is 23.3 Å². The Morgan fingerprint density at radius 2 is 1.66 bits per heavy atom. The van der Waals surface area contributed by atoms with Crippen molar-refractivity contribution in [2.24, 2.45) is 0 Å². The lowest BCUT2D eigenvalue weighted by Gasteiger charge is -2.07. The Labute approximate surface area is 176 Å². The Hall–Kier alpha value is -2.61. The Morgan fingerprint density at radius 3 is 2.34 bits per heavy atom. The highest BCUT2D eigenvalue weighted by atomic mass is 32.1. The van der Waals surface area contributed by atoms with Crippen molar-refractivity contribution in [3.63, 3.8) is 0 Å². The summed E-state index contributed by atoms with van der Waals surface area (Å²) >= 11 is 1.40. The molecule has 0 atom stereocenters. The summed E-state index contributed by atoms with van der Waals surface area (Å²) in [7, 11) is 0. The number of urea groups is 1. The van der Waals surface area contributed by atoms with Gasteiger partial charge in [-0.1, -0.05) is 19.4 Å². The maximum absolute atomic E-state index is 12.2. The van der Waals surface area contributed by atoms with Gasteiger partial charge in [0.1, 0.15) is 23.1 Å². The van der Waals surface area contributed by atoms with Crippen LogP contribution in [-0.4, -0.2) is 36.6 Å². The first-order valence-corrected chi connectivity index (χ1v) is 10.8. The Bertz CT molecular complexity index is 787. The molecule has 0 saturated carbocycles. The van der Waals surface area contributed by atoms with Crippen LogP contribution in [0.4, 0.5) is 4.79 Å². The number of rotatable bonds is 11. The van der Waals surface area contributed by atoms with E-state index in [2.05, 4.69) is 33.9 Å². The Kier molecular flexibility index (Phi) is 9.43. The van der Waals surface area contributed by atoms with E-state index in [1.165, 1.54) is 11.3 Å². The molecule has 0 aliphatic rings. The number of unbranched alkanes of at least 4 members (excludes halogenated alkanes) is 1. The van der Waals surface area contributed by atoms with Gasteiger partial charge in [0.15, 0.2) is 0 Å². The van der Waals surface area contributed by atoms with Crippen molar-refractivity contribution in [3.8, 4) is 5.75 Å². The van der Waals surface area contributed by atoms with E-state index in [0.717, 1.165) is 34.7 Å². The topological polar surface area (TPSA) is 92.4 Å². The Balaban J connectivity index is 1.66. The number of nitrogens with zero attached hydrogens (tertiary/aromatic N) is 1. The van der Waals surface area contributed by atoms with E-state index >= 15 is 0 Å². The molecule has 1 aromatic heterocycles. The number of aromatic nitrogens is 1. The van der Waals surface area contributed by atoms with Gasteiger partial charge in [0.2, 0.25) is 0 Å². The zero-order valence-corrected chi connectivity index (χ0v) is 18.2. The SMILES string of the molecule is CCCCNC(=O)NCCCNC(=O)c1csc(COc2cc(C)cc(C)c2)n1. The molecule has 0 spiro atoms. The van der Waals surface area contributed by atoms with Gasteiger partial charge in [0, 0.05) is 25.0 Å². The second-order valence-corrected chi connectivity index (χ2v) is 7.83. The molecule has 0 bridgehead atoms. The van der Waals surface area contributed by atoms with E-state index in [4.69, 9.17) is 4.74 Å². The highest BCUT2D eigenvalue weighted by Gasteiger charge is 2.11. The first kappa shape index (κ1) is 22.7. The van der Waals surface area contributed by atoms with Crippen LogP contribution in [0.1, 0.15) is 52.8 Å². The van der Waals surface area contributed by atoms with E-state index in [1.54, 1.807) is 5.38 Å². The second kappa shape index (κ2) is 12.1. The van der Waals surface area contributed by atoms with Crippen LogP contribution in [0, 0.1) is 13.8 Å². The quantitative estimate of drug-likeness (QED) is 0.487. The zero-order valence-electron chi connectivity index (χ0n) is 17.3. The van der Waals surface area contributed by atoms with Gasteiger partial charge in [0.25, 0.3) is 5.91 Å². The van der Waals surface area contributed by atoms with E-state index in [9.17, 15) is 9.59 Å². The minimum absolute atomic E-state index is 0.169. The van der Waals surface area contributed by atoms with Crippen LogP contribution in [0.5, 0.6) is 5.75 Å². The first-order valence-electron chi connectivity index (χ1n) is 9.93. The fourth-order valence-corrected chi connectivity index (χ4v) is 3.35. The van der Waals surface area contributed by atoms with Crippen LogP contribution >= 0.6 is 11.3 Å². The summed E-state index contributed by atoms with van der Waals surface area (Å²) in [5.74, 6) is 0.584. The fraction of sp³-hybridized carbons (Fsp3) is 0.476. The molecule has 29 heavy (non-hydrogen) atoms. The molecule has 3 amide bonds. The molecule has 1 aromatic carbocycles. The predicted molar refractivity (Wildman–Crippen MR) is 116 cm³/mol. The average molecular weight is 419 g/mol. The van der Waals surface area contributed by atoms with Crippen molar-refractivity contribution in [1.29, 1.82) is 0 Å². The molecule has 0 unspecified atom stereocenters. The number of carbonyl (C=O) groups excluding carboxylic acids is 2. The number of aryl methyl sites for hydroxylation is 2. The highest BCUT2D eigenvalue weighted by Crippen LogP contribution is 2.19. The molecule has 0 aliphatic heterocycles. The van der Waals surface area contributed by atoms with Gasteiger partial charge >= 0.3 is 6.03 Å². The van der Waals surface area contributed by atoms with E-state index in [-0.39, 0.29) is 11.9 Å². The summed E-state index contributed by atoms with van der Waals surface area (Å²) in [6.07, 6.45) is 2.66. The smallest absolute Gasteiger partial charge is 0.314 e. The van der Waals surface area contributed by atoms with Gasteiger partial charge < -0.3 is 20.7 Å².